The Morgan fingerprint density at radius 1 is 0.133 bits per heavy atom. The van der Waals surface area contributed by atoms with Crippen molar-refractivity contribution >= 4 is 54.6 Å². The molecule has 0 N–H and O–H groups in total. The molecule has 0 bridgehead atoms. The van der Waals surface area contributed by atoms with E-state index in [1.165, 1.54) is 133 Å². The molecule has 0 aliphatic rings. The molecule has 456 valence electrons. The van der Waals surface area contributed by atoms with E-state index >= 15 is 0 Å². The molecule has 0 amide bonds. The zero-order chi connectivity index (χ0) is 64.6. The summed E-state index contributed by atoms with van der Waals surface area (Å²) in [5, 5.41) is 4.80. The van der Waals surface area contributed by atoms with Crippen molar-refractivity contribution in [3.05, 3.63) is 376 Å². The van der Waals surface area contributed by atoms with Crippen LogP contribution < -0.4 is 0 Å². The van der Waals surface area contributed by atoms with Gasteiger partial charge in [0.2, 0.25) is 0 Å². The first-order valence-electron chi connectivity index (χ1n) is 33.9. The normalized spacial score (nSPS) is 11.7. The third-order valence-corrected chi connectivity index (χ3v) is 20.1. The maximum absolute atomic E-state index is 2.61. The highest BCUT2D eigenvalue weighted by Crippen LogP contribution is 2.50. The summed E-state index contributed by atoms with van der Waals surface area (Å²) >= 11 is 0. The highest BCUT2D eigenvalue weighted by molar-refractivity contribution is 6.27. The highest BCUT2D eigenvalue weighted by atomic mass is 15.0. The zero-order valence-electron chi connectivity index (χ0n) is 53.7. The predicted molar refractivity (Wildman–Crippen MR) is 415 cm³/mol. The fourth-order valence-corrected chi connectivity index (χ4v) is 15.5. The van der Waals surface area contributed by atoms with Crippen LogP contribution in [0, 0.1) is 0 Å². The van der Waals surface area contributed by atoms with Gasteiger partial charge < -0.3 is 8.80 Å². The maximum atomic E-state index is 2.61. The van der Waals surface area contributed by atoms with Crippen LogP contribution in [0.4, 0.5) is 0 Å². The van der Waals surface area contributed by atoms with Crippen molar-refractivity contribution in [2.24, 2.45) is 0 Å². The molecule has 0 saturated carbocycles. The molecule has 0 unspecified atom stereocenters. The summed E-state index contributed by atoms with van der Waals surface area (Å²) < 4.78 is 5.22. The first-order chi connectivity index (χ1) is 48.6. The van der Waals surface area contributed by atoms with Gasteiger partial charge in [-0.2, -0.15) is 0 Å². The first kappa shape index (κ1) is 56.6. The molecule has 0 radical (unpaired) electrons. The van der Waals surface area contributed by atoms with Crippen molar-refractivity contribution in [2.75, 3.05) is 0 Å². The van der Waals surface area contributed by atoms with E-state index in [0.29, 0.717) is 0 Å². The van der Waals surface area contributed by atoms with Crippen molar-refractivity contribution in [1.29, 1.82) is 0 Å². The van der Waals surface area contributed by atoms with E-state index in [9.17, 15) is 0 Å². The Hall–Kier alpha value is -12.9. The smallest absolute Gasteiger partial charge is 0.0789 e. The average Bonchev–Trinajstić information content (AvgIpc) is 1.51. The largest absolute Gasteiger partial charge is 0.305 e. The molecule has 0 aliphatic heterocycles. The summed E-state index contributed by atoms with van der Waals surface area (Å²) in [5.74, 6) is 0. The van der Waals surface area contributed by atoms with E-state index in [1.807, 2.05) is 0 Å². The summed E-state index contributed by atoms with van der Waals surface area (Å²) in [4.78, 5) is 0. The van der Waals surface area contributed by atoms with Gasteiger partial charge >= 0.3 is 0 Å². The van der Waals surface area contributed by atoms with Crippen molar-refractivity contribution < 1.29 is 0 Å². The summed E-state index contributed by atoms with van der Waals surface area (Å²) in [6.45, 7) is 0. The van der Waals surface area contributed by atoms with Crippen molar-refractivity contribution in [1.82, 2.24) is 8.80 Å². The summed E-state index contributed by atoms with van der Waals surface area (Å²) in [5.41, 5.74) is 35.1. The molecule has 0 fully saturated rings. The SMILES string of the molecule is c1ccc(-c2cc(-c3ccccc3)cc(-c3ccc4c(c3)c3c(-c5cc(-c6ccccc6)cc(-c6ccccc6)c5)ccc5c3n4c3ccc(-c4cc(-c6ccccc6)cc(-c6ccccc6)c4)c4c6cc(-c7cc(-c8ccccc8)cc(-c8ccccc8)c7)ccc6n5c43)c2)cc1. The number of hydrogen-bond acceptors (Lipinski definition) is 0. The lowest BCUT2D eigenvalue weighted by molar-refractivity contribution is 1.26. The Bertz CT molecular complexity index is 5600. The third-order valence-electron chi connectivity index (χ3n) is 20.1. The Morgan fingerprint density at radius 2 is 0.327 bits per heavy atom. The van der Waals surface area contributed by atoms with Gasteiger partial charge in [-0.1, -0.05) is 267 Å². The monoisotopic (exact) mass is 1240 g/mol. The number of fused-ring (bicyclic) bond motifs is 8. The molecule has 0 spiro atoms. The van der Waals surface area contributed by atoms with Crippen molar-refractivity contribution in [3.8, 4) is 134 Å². The lowest BCUT2D eigenvalue weighted by Crippen LogP contribution is -1.98. The molecule has 16 aromatic carbocycles. The maximum Gasteiger partial charge on any atom is 0.0789 e. The Kier molecular flexibility index (Phi) is 13.6. The van der Waals surface area contributed by atoms with Crippen LogP contribution in [0.1, 0.15) is 0 Å². The molecule has 0 aliphatic carbocycles. The molecule has 3 heterocycles. The lowest BCUT2D eigenvalue weighted by Gasteiger charge is -2.16. The molecule has 2 nitrogen and oxygen atoms in total. The number of benzene rings is 16. The zero-order valence-corrected chi connectivity index (χ0v) is 53.7. The molecule has 19 aromatic rings. The van der Waals surface area contributed by atoms with E-state index in [1.54, 1.807) is 0 Å². The second kappa shape index (κ2) is 23.5. The summed E-state index contributed by atoms with van der Waals surface area (Å²) in [7, 11) is 0. The number of nitrogens with zero attached hydrogens (tertiary/aromatic N) is 2. The van der Waals surface area contributed by atoms with Gasteiger partial charge in [0, 0.05) is 21.5 Å². The Balaban J connectivity index is 0.936. The van der Waals surface area contributed by atoms with Gasteiger partial charge in [0.05, 0.1) is 33.1 Å². The van der Waals surface area contributed by atoms with Crippen LogP contribution in [0.5, 0.6) is 0 Å². The third kappa shape index (κ3) is 9.80. The van der Waals surface area contributed by atoms with Crippen LogP contribution >= 0.6 is 0 Å². The summed E-state index contributed by atoms with van der Waals surface area (Å²) in [6, 6.07) is 140. The van der Waals surface area contributed by atoms with Gasteiger partial charge in [0.1, 0.15) is 0 Å². The van der Waals surface area contributed by atoms with Gasteiger partial charge in [-0.25, -0.2) is 0 Å². The number of aromatic nitrogens is 2. The second-order valence-electron chi connectivity index (χ2n) is 26.0. The predicted octanol–water partition coefficient (Wildman–Crippen LogP) is 26.2. The second-order valence-corrected chi connectivity index (χ2v) is 26.0. The fourth-order valence-electron chi connectivity index (χ4n) is 15.5. The molecule has 0 atom stereocenters. The van der Waals surface area contributed by atoms with Gasteiger partial charge in [-0.3, -0.25) is 0 Å². The number of rotatable bonds is 12. The molecule has 2 heteroatoms. The Morgan fingerprint density at radius 3 is 0.551 bits per heavy atom. The highest BCUT2D eigenvalue weighted by Gasteiger charge is 2.27. The van der Waals surface area contributed by atoms with E-state index in [2.05, 4.69) is 385 Å². The standard InChI is InChI=1S/C96H62N2/c1-9-25-63(26-10-1)73-49-74(64-27-11-2-12-28-64)54-81(53-73)71-41-45-89-87(61-71)93-85(83-57-77(67-33-17-5-18-34-67)51-78(58-83)68-35-19-6-20-36-68)43-47-91-95(93)97(89)92-48-44-86(84-59-79(69-37-21-7-22-38-69)52-80(60-84)70-39-23-8-24-40-70)94-88-62-72(42-46-90(88)98(91)96(92)94)82-55-75(65-29-13-3-14-30-65)50-76(56-82)66-31-15-4-16-32-66/h1-62H. The van der Waals surface area contributed by atoms with Gasteiger partial charge in [-0.15, -0.1) is 0 Å². The van der Waals surface area contributed by atoms with Crippen molar-refractivity contribution in [3.63, 3.8) is 0 Å². The molecule has 0 saturated heterocycles. The van der Waals surface area contributed by atoms with Crippen LogP contribution in [0.2, 0.25) is 0 Å². The van der Waals surface area contributed by atoms with Gasteiger partial charge in [0.15, 0.2) is 0 Å². The van der Waals surface area contributed by atoms with Gasteiger partial charge in [0.25, 0.3) is 0 Å². The summed E-state index contributed by atoms with van der Waals surface area (Å²) in [6.07, 6.45) is 0. The minimum atomic E-state index is 1.14. The van der Waals surface area contributed by atoms with Crippen LogP contribution in [0.3, 0.4) is 0 Å². The van der Waals surface area contributed by atoms with Crippen LogP contribution in [-0.4, -0.2) is 8.80 Å². The van der Waals surface area contributed by atoms with Gasteiger partial charge in [-0.05, 0) is 243 Å². The topological polar surface area (TPSA) is 8.82 Å². The molecule has 98 heavy (non-hydrogen) atoms. The number of hydrogen-bond donors (Lipinski definition) is 0. The van der Waals surface area contributed by atoms with E-state index < -0.39 is 0 Å². The molecular weight excluding hydrogens is 1180 g/mol. The van der Waals surface area contributed by atoms with Crippen LogP contribution in [0.15, 0.2) is 376 Å². The fraction of sp³-hybridized carbons (Fsp3) is 0. The van der Waals surface area contributed by atoms with Crippen molar-refractivity contribution in [2.45, 2.75) is 0 Å². The van der Waals surface area contributed by atoms with Crippen LogP contribution in [0.25, 0.3) is 188 Å². The average molecular weight is 1240 g/mol. The minimum Gasteiger partial charge on any atom is -0.305 e. The molecule has 19 rings (SSSR count). The molecule has 3 aromatic heterocycles. The van der Waals surface area contributed by atoms with E-state index in [4.69, 9.17) is 0 Å². The first-order valence-corrected chi connectivity index (χ1v) is 33.9. The van der Waals surface area contributed by atoms with Crippen LogP contribution in [-0.2, 0) is 0 Å². The minimum absolute atomic E-state index is 1.14. The Labute approximate surface area is 569 Å². The van der Waals surface area contributed by atoms with E-state index in [-0.39, 0.29) is 0 Å². The quantitative estimate of drug-likeness (QED) is 0.108. The lowest BCUT2D eigenvalue weighted by atomic mass is 9.90. The molecular formula is C96H62N2. The van der Waals surface area contributed by atoms with E-state index in [0.717, 1.165) is 55.4 Å².